The van der Waals surface area contributed by atoms with Gasteiger partial charge in [-0.15, -0.1) is 0 Å². The minimum Gasteiger partial charge on any atom is -0.481 e. The van der Waals surface area contributed by atoms with Crippen molar-refractivity contribution < 1.29 is 14.7 Å². The molecule has 0 aliphatic heterocycles. The highest BCUT2D eigenvalue weighted by molar-refractivity contribution is 6.30. The minimum absolute atomic E-state index is 0.00839. The molecule has 0 aliphatic rings. The van der Waals surface area contributed by atoms with E-state index in [4.69, 9.17) is 16.7 Å². The van der Waals surface area contributed by atoms with Crippen molar-refractivity contribution in [2.45, 2.75) is 33.2 Å². The number of nitrogens with one attached hydrogen (secondary N) is 1. The van der Waals surface area contributed by atoms with E-state index in [-0.39, 0.29) is 24.4 Å². The van der Waals surface area contributed by atoms with Gasteiger partial charge in [-0.3, -0.25) is 14.4 Å². The largest absolute Gasteiger partial charge is 0.481 e. The van der Waals surface area contributed by atoms with Gasteiger partial charge in [0.15, 0.2) is 0 Å². The topological polar surface area (TPSA) is 88.4 Å². The third-order valence-electron chi connectivity index (χ3n) is 2.98. The molecule has 21 heavy (non-hydrogen) atoms. The lowest BCUT2D eigenvalue weighted by molar-refractivity contribution is -0.137. The first-order valence-corrected chi connectivity index (χ1v) is 6.96. The van der Waals surface area contributed by atoms with Crippen molar-refractivity contribution in [3.05, 3.63) is 33.7 Å². The number of carbonyl (C=O) groups is 2. The Bertz CT molecular complexity index is 581. The second-order valence-electron chi connectivity index (χ2n) is 5.45. The van der Waals surface area contributed by atoms with Gasteiger partial charge in [0.25, 0.3) is 5.56 Å². The summed E-state index contributed by atoms with van der Waals surface area (Å²) < 4.78 is 1.39. The van der Waals surface area contributed by atoms with Crippen LogP contribution in [0.4, 0.5) is 0 Å². The summed E-state index contributed by atoms with van der Waals surface area (Å²) in [6.07, 6.45) is 1.87. The molecule has 7 heteroatoms. The normalized spacial score (nSPS) is 11.2. The van der Waals surface area contributed by atoms with Crippen molar-refractivity contribution in [2.75, 3.05) is 6.54 Å². The van der Waals surface area contributed by atoms with Crippen LogP contribution in [0.5, 0.6) is 0 Å². The molecule has 0 atom stereocenters. The molecule has 0 spiro atoms. The Morgan fingerprint density at radius 3 is 2.67 bits per heavy atom. The predicted molar refractivity (Wildman–Crippen MR) is 79.4 cm³/mol. The van der Waals surface area contributed by atoms with Crippen LogP contribution in [0.1, 0.15) is 26.7 Å². The van der Waals surface area contributed by atoms with Gasteiger partial charge in [-0.05, 0) is 26.3 Å². The fraction of sp³-hybridized carbons (Fsp3) is 0.500. The van der Waals surface area contributed by atoms with Gasteiger partial charge >= 0.3 is 5.97 Å². The maximum absolute atomic E-state index is 12.1. The lowest BCUT2D eigenvalue weighted by Crippen LogP contribution is -2.41. The van der Waals surface area contributed by atoms with Crippen molar-refractivity contribution in [1.29, 1.82) is 0 Å². The summed E-state index contributed by atoms with van der Waals surface area (Å²) in [4.78, 5) is 34.2. The maximum atomic E-state index is 12.1. The summed E-state index contributed by atoms with van der Waals surface area (Å²) in [5, 5.41) is 11.6. The van der Waals surface area contributed by atoms with Gasteiger partial charge in [0.1, 0.15) is 0 Å². The molecule has 1 aromatic heterocycles. The lowest BCUT2D eigenvalue weighted by atomic mass is 9.92. The van der Waals surface area contributed by atoms with Crippen molar-refractivity contribution in [3.8, 4) is 0 Å². The second kappa shape index (κ2) is 7.26. The average molecular weight is 315 g/mol. The Morgan fingerprint density at radius 1 is 1.38 bits per heavy atom. The highest BCUT2D eigenvalue weighted by atomic mass is 35.5. The van der Waals surface area contributed by atoms with Crippen LogP contribution in [0.2, 0.25) is 5.02 Å². The molecule has 0 fully saturated rings. The number of amides is 1. The third-order valence-corrected chi connectivity index (χ3v) is 3.20. The molecule has 1 aromatic rings. The zero-order valence-electron chi connectivity index (χ0n) is 12.1. The van der Waals surface area contributed by atoms with Crippen LogP contribution in [-0.4, -0.2) is 28.1 Å². The minimum atomic E-state index is -0.894. The number of hydrogen-bond donors (Lipinski definition) is 2. The van der Waals surface area contributed by atoms with Gasteiger partial charge < -0.3 is 15.0 Å². The quantitative estimate of drug-likeness (QED) is 0.747. The third kappa shape index (κ3) is 5.59. The van der Waals surface area contributed by atoms with E-state index in [0.717, 1.165) is 0 Å². The summed E-state index contributed by atoms with van der Waals surface area (Å²) in [6.45, 7) is 3.91. The molecule has 1 amide bonds. The Kier molecular flexibility index (Phi) is 5.96. The van der Waals surface area contributed by atoms with E-state index in [1.54, 1.807) is 13.8 Å². The summed E-state index contributed by atoms with van der Waals surface area (Å²) in [5.41, 5.74) is -1.04. The van der Waals surface area contributed by atoms with Crippen LogP contribution in [0.25, 0.3) is 0 Å². The van der Waals surface area contributed by atoms with Crippen molar-refractivity contribution >= 4 is 23.5 Å². The number of hydrogen-bond acceptors (Lipinski definition) is 3. The highest BCUT2D eigenvalue weighted by Gasteiger charge is 2.28. The zero-order chi connectivity index (χ0) is 16.0. The van der Waals surface area contributed by atoms with E-state index in [0.29, 0.717) is 18.0 Å². The van der Waals surface area contributed by atoms with Crippen LogP contribution in [0.15, 0.2) is 23.1 Å². The molecule has 0 aliphatic carbocycles. The molecule has 1 heterocycles. The molecule has 0 unspecified atom stereocenters. The number of halogens is 1. The summed E-state index contributed by atoms with van der Waals surface area (Å²) in [5.74, 6) is -1.13. The van der Waals surface area contributed by atoms with E-state index in [9.17, 15) is 14.4 Å². The molecular formula is C14H19ClN2O4. The molecule has 0 radical (unpaired) electrons. The molecule has 0 saturated heterocycles. The monoisotopic (exact) mass is 314 g/mol. The van der Waals surface area contributed by atoms with Gasteiger partial charge in [0, 0.05) is 31.8 Å². The fourth-order valence-electron chi connectivity index (χ4n) is 1.80. The number of carboxylic acids is 1. The van der Waals surface area contributed by atoms with Crippen LogP contribution in [0, 0.1) is 5.41 Å². The van der Waals surface area contributed by atoms with E-state index < -0.39 is 11.4 Å². The molecule has 0 saturated carbocycles. The van der Waals surface area contributed by atoms with E-state index in [2.05, 4.69) is 5.32 Å². The first-order chi connectivity index (χ1) is 9.72. The Hall–Kier alpha value is -1.82. The van der Waals surface area contributed by atoms with Crippen molar-refractivity contribution in [1.82, 2.24) is 9.88 Å². The molecule has 0 bridgehead atoms. The first-order valence-electron chi connectivity index (χ1n) is 6.58. The molecule has 0 aromatic carbocycles. The highest BCUT2D eigenvalue weighted by Crippen LogP contribution is 2.18. The Morgan fingerprint density at radius 2 is 2.05 bits per heavy atom. The first kappa shape index (κ1) is 17.2. The van der Waals surface area contributed by atoms with Gasteiger partial charge in [0.2, 0.25) is 5.91 Å². The number of rotatable bonds is 7. The maximum Gasteiger partial charge on any atom is 0.303 e. The Labute approximate surface area is 127 Å². The number of aliphatic carboxylic acids is 1. The molecule has 6 nitrogen and oxygen atoms in total. The fourth-order valence-corrected chi connectivity index (χ4v) is 1.98. The average Bonchev–Trinajstić information content (AvgIpc) is 2.38. The number of nitrogens with zero attached hydrogens (tertiary/aromatic N) is 1. The lowest BCUT2D eigenvalue weighted by Gasteiger charge is -2.24. The second-order valence-corrected chi connectivity index (χ2v) is 5.89. The molecule has 1 rings (SSSR count). The van der Waals surface area contributed by atoms with Crippen LogP contribution < -0.4 is 10.9 Å². The SMILES string of the molecule is CC(C)(Cn1cc(Cl)ccc1=O)C(=O)NCCCC(=O)O. The summed E-state index contributed by atoms with van der Waals surface area (Å²) in [7, 11) is 0. The van der Waals surface area contributed by atoms with Gasteiger partial charge in [-0.25, -0.2) is 0 Å². The predicted octanol–water partition coefficient (Wildman–Crippen LogP) is 1.51. The smallest absolute Gasteiger partial charge is 0.303 e. The zero-order valence-corrected chi connectivity index (χ0v) is 12.8. The van der Waals surface area contributed by atoms with E-state index >= 15 is 0 Å². The van der Waals surface area contributed by atoms with Gasteiger partial charge in [-0.1, -0.05) is 11.6 Å². The van der Waals surface area contributed by atoms with Crippen molar-refractivity contribution in [2.24, 2.45) is 5.41 Å². The Balaban J connectivity index is 2.63. The van der Waals surface area contributed by atoms with E-state index in [1.807, 2.05) is 0 Å². The van der Waals surface area contributed by atoms with Gasteiger partial charge in [0.05, 0.1) is 10.4 Å². The standard InChI is InChI=1S/C14H19ClN2O4/c1-14(2,13(21)16-7-3-4-12(19)20)9-17-8-10(15)5-6-11(17)18/h5-6,8H,3-4,7,9H2,1-2H3,(H,16,21)(H,19,20). The number of aromatic nitrogens is 1. The van der Waals surface area contributed by atoms with Crippen LogP contribution in [0.3, 0.4) is 0 Å². The molecule has 2 N–H and O–H groups in total. The number of carbonyl (C=O) groups excluding carboxylic acids is 1. The summed E-state index contributed by atoms with van der Waals surface area (Å²) >= 11 is 5.84. The van der Waals surface area contributed by atoms with E-state index in [1.165, 1.54) is 22.9 Å². The number of carboxylic acid groups (broad SMARTS) is 1. The molecular weight excluding hydrogens is 296 g/mol. The van der Waals surface area contributed by atoms with Crippen molar-refractivity contribution in [3.63, 3.8) is 0 Å². The number of pyridine rings is 1. The van der Waals surface area contributed by atoms with Crippen LogP contribution in [-0.2, 0) is 16.1 Å². The molecule has 116 valence electrons. The van der Waals surface area contributed by atoms with Gasteiger partial charge in [-0.2, -0.15) is 0 Å². The summed E-state index contributed by atoms with van der Waals surface area (Å²) in [6, 6.07) is 2.85. The van der Waals surface area contributed by atoms with Crippen LogP contribution >= 0.6 is 11.6 Å².